The maximum atomic E-state index is 14.5. The lowest BCUT2D eigenvalue weighted by atomic mass is 9.97. The molecule has 1 aliphatic carbocycles. The molecule has 3 heterocycles. The summed E-state index contributed by atoms with van der Waals surface area (Å²) in [6, 6.07) is 9.59. The van der Waals surface area contributed by atoms with Gasteiger partial charge in [-0.3, -0.25) is 19.4 Å². The standard InChI is InChI=1S/C34H37F3N4O4/c1-3-20(2)31(42)39-28-19-41(32(43)22-12-14-45-15-13-22)30-16-23(34(35,36)37)10-11-29(30)40(33(28)44)18-26-24-6-4-5-7-27(24)38-17-25(26)21-8-9-21/h4-7,10-11,16-17,20-22,28H,3,8-9,12-15,18-19H2,1-2H3,(H,39,42)/t20-,28+/m1/s1. The molecular formula is C34H37F3N4O4. The molecule has 2 fully saturated rings. The molecule has 8 nitrogen and oxygen atoms in total. The number of ether oxygens (including phenoxy) is 1. The highest BCUT2D eigenvalue weighted by Crippen LogP contribution is 2.45. The van der Waals surface area contributed by atoms with E-state index in [0.717, 1.165) is 47.0 Å². The fourth-order valence-electron chi connectivity index (χ4n) is 6.25. The molecule has 238 valence electrons. The molecule has 2 aromatic carbocycles. The van der Waals surface area contributed by atoms with E-state index in [4.69, 9.17) is 4.74 Å². The average Bonchev–Trinajstić information content (AvgIpc) is 3.90. The van der Waals surface area contributed by atoms with Gasteiger partial charge in [0.25, 0.3) is 5.91 Å². The summed E-state index contributed by atoms with van der Waals surface area (Å²) in [4.78, 5) is 49.2. The van der Waals surface area contributed by atoms with E-state index in [-0.39, 0.29) is 42.2 Å². The smallest absolute Gasteiger partial charge is 0.381 e. The molecular weight excluding hydrogens is 585 g/mol. The van der Waals surface area contributed by atoms with Gasteiger partial charge in [0, 0.05) is 36.6 Å². The van der Waals surface area contributed by atoms with E-state index in [1.54, 1.807) is 6.92 Å². The second kappa shape index (κ2) is 12.4. The van der Waals surface area contributed by atoms with Crippen LogP contribution in [-0.4, -0.2) is 48.5 Å². The van der Waals surface area contributed by atoms with E-state index in [9.17, 15) is 27.6 Å². The van der Waals surface area contributed by atoms with E-state index in [1.165, 1.54) is 15.9 Å². The van der Waals surface area contributed by atoms with Crippen molar-refractivity contribution >= 4 is 40.0 Å². The number of nitrogens with zero attached hydrogens (tertiary/aromatic N) is 3. The normalized spacial score (nSPS) is 20.1. The molecule has 11 heteroatoms. The van der Waals surface area contributed by atoms with Gasteiger partial charge in [0.1, 0.15) is 6.04 Å². The topological polar surface area (TPSA) is 91.8 Å². The van der Waals surface area contributed by atoms with E-state index >= 15 is 0 Å². The number of carbonyl (C=O) groups is 3. The molecule has 45 heavy (non-hydrogen) atoms. The zero-order chi connectivity index (χ0) is 31.9. The van der Waals surface area contributed by atoms with E-state index < -0.39 is 35.5 Å². The molecule has 0 radical (unpaired) electrons. The summed E-state index contributed by atoms with van der Waals surface area (Å²) in [5.74, 6) is -1.84. The van der Waals surface area contributed by atoms with Crippen molar-refractivity contribution in [2.45, 2.75) is 70.6 Å². The summed E-state index contributed by atoms with van der Waals surface area (Å²) in [6.45, 7) is 4.08. The number of nitrogens with one attached hydrogen (secondary N) is 1. The van der Waals surface area contributed by atoms with Crippen molar-refractivity contribution in [3.05, 3.63) is 65.4 Å². The SMILES string of the molecule is CC[C@@H](C)C(=O)N[C@H]1CN(C(=O)C2CCOCC2)c2cc(C(F)(F)F)ccc2N(Cc2c(C3CC3)cnc3ccccc23)C1=O. The van der Waals surface area contributed by atoms with Crippen molar-refractivity contribution in [3.63, 3.8) is 0 Å². The Morgan fingerprint density at radius 3 is 2.49 bits per heavy atom. The fraction of sp³-hybridized carbons (Fsp3) is 0.471. The van der Waals surface area contributed by atoms with E-state index in [0.29, 0.717) is 32.5 Å². The summed E-state index contributed by atoms with van der Waals surface area (Å²) in [7, 11) is 0. The van der Waals surface area contributed by atoms with Crippen molar-refractivity contribution in [2.24, 2.45) is 11.8 Å². The number of alkyl halides is 3. The van der Waals surface area contributed by atoms with Crippen LogP contribution in [0.3, 0.4) is 0 Å². The van der Waals surface area contributed by atoms with Crippen LogP contribution in [0.15, 0.2) is 48.7 Å². The minimum atomic E-state index is -4.67. The summed E-state index contributed by atoms with van der Waals surface area (Å²) < 4.78 is 47.7. The molecule has 2 aliphatic heterocycles. The Bertz CT molecular complexity index is 1620. The van der Waals surface area contributed by atoms with Gasteiger partial charge in [-0.2, -0.15) is 13.2 Å². The average molecular weight is 623 g/mol. The third kappa shape index (κ3) is 6.27. The van der Waals surface area contributed by atoms with Crippen LogP contribution in [0.2, 0.25) is 0 Å². The zero-order valence-electron chi connectivity index (χ0n) is 25.4. The zero-order valence-corrected chi connectivity index (χ0v) is 25.4. The molecule has 1 saturated carbocycles. The summed E-state index contributed by atoms with van der Waals surface area (Å²) in [6.07, 6.45) is 0.478. The predicted octanol–water partition coefficient (Wildman–Crippen LogP) is 5.97. The maximum absolute atomic E-state index is 14.5. The highest BCUT2D eigenvalue weighted by Gasteiger charge is 2.42. The summed E-state index contributed by atoms with van der Waals surface area (Å²) in [5, 5.41) is 3.70. The number of hydrogen-bond donors (Lipinski definition) is 1. The van der Waals surface area contributed by atoms with Crippen molar-refractivity contribution in [3.8, 4) is 0 Å². The Morgan fingerprint density at radius 1 is 1.07 bits per heavy atom. The third-order valence-corrected chi connectivity index (χ3v) is 9.28. The quantitative estimate of drug-likeness (QED) is 0.351. The number of carbonyl (C=O) groups excluding carboxylic acids is 3. The van der Waals surface area contributed by atoms with E-state index in [1.807, 2.05) is 37.4 Å². The van der Waals surface area contributed by atoms with Crippen LogP contribution in [0, 0.1) is 11.8 Å². The van der Waals surface area contributed by atoms with Crippen LogP contribution < -0.4 is 15.1 Å². The Kier molecular flexibility index (Phi) is 8.56. The lowest BCUT2D eigenvalue weighted by Crippen LogP contribution is -2.54. The minimum absolute atomic E-state index is 0.00119. The number of rotatable bonds is 7. The van der Waals surface area contributed by atoms with Crippen LogP contribution in [0.1, 0.15) is 68.6 Å². The van der Waals surface area contributed by atoms with Crippen LogP contribution in [0.5, 0.6) is 0 Å². The highest BCUT2D eigenvalue weighted by atomic mass is 19.4. The predicted molar refractivity (Wildman–Crippen MR) is 164 cm³/mol. The molecule has 0 bridgehead atoms. The van der Waals surface area contributed by atoms with Gasteiger partial charge in [0.15, 0.2) is 0 Å². The monoisotopic (exact) mass is 622 g/mol. The fourth-order valence-corrected chi connectivity index (χ4v) is 6.25. The molecule has 3 aliphatic rings. The number of aromatic nitrogens is 1. The van der Waals surface area contributed by atoms with Crippen molar-refractivity contribution in [2.75, 3.05) is 29.6 Å². The maximum Gasteiger partial charge on any atom is 0.416 e. The summed E-state index contributed by atoms with van der Waals surface area (Å²) >= 11 is 0. The van der Waals surface area contributed by atoms with Crippen molar-refractivity contribution < 1.29 is 32.3 Å². The summed E-state index contributed by atoms with van der Waals surface area (Å²) in [5.41, 5.74) is 1.86. The van der Waals surface area contributed by atoms with Crippen LogP contribution >= 0.6 is 0 Å². The Morgan fingerprint density at radius 2 is 1.80 bits per heavy atom. The molecule has 0 spiro atoms. The largest absolute Gasteiger partial charge is 0.416 e. The molecule has 1 aromatic heterocycles. The van der Waals surface area contributed by atoms with Gasteiger partial charge in [-0.1, -0.05) is 32.0 Å². The van der Waals surface area contributed by atoms with Gasteiger partial charge < -0.3 is 19.9 Å². The molecule has 3 amide bonds. The van der Waals surface area contributed by atoms with Gasteiger partial charge in [0.05, 0.1) is 35.5 Å². The first-order valence-corrected chi connectivity index (χ1v) is 15.7. The number of anilines is 2. The molecule has 2 atom stereocenters. The van der Waals surface area contributed by atoms with Gasteiger partial charge in [-0.15, -0.1) is 0 Å². The van der Waals surface area contributed by atoms with Crippen molar-refractivity contribution in [1.29, 1.82) is 0 Å². The molecule has 6 rings (SSSR count). The second-order valence-electron chi connectivity index (χ2n) is 12.3. The Hall–Kier alpha value is -3.99. The Balaban J connectivity index is 1.51. The Labute approximate surface area is 259 Å². The van der Waals surface area contributed by atoms with Crippen molar-refractivity contribution in [1.82, 2.24) is 10.3 Å². The third-order valence-electron chi connectivity index (χ3n) is 9.28. The first-order chi connectivity index (χ1) is 21.6. The number of hydrogen-bond acceptors (Lipinski definition) is 5. The second-order valence-corrected chi connectivity index (χ2v) is 12.3. The van der Waals surface area contributed by atoms with Crippen LogP contribution in [-0.2, 0) is 31.8 Å². The van der Waals surface area contributed by atoms with Crippen LogP contribution in [0.4, 0.5) is 24.5 Å². The van der Waals surface area contributed by atoms with Gasteiger partial charge in [-0.25, -0.2) is 0 Å². The highest BCUT2D eigenvalue weighted by molar-refractivity contribution is 6.09. The number of amides is 3. The number of benzene rings is 2. The molecule has 1 N–H and O–H groups in total. The van der Waals surface area contributed by atoms with Gasteiger partial charge >= 0.3 is 6.18 Å². The molecule has 1 saturated heterocycles. The first kappa shape index (κ1) is 31.0. The number of pyridine rings is 1. The first-order valence-electron chi connectivity index (χ1n) is 15.7. The molecule has 3 aromatic rings. The van der Waals surface area contributed by atoms with Gasteiger partial charge in [-0.05, 0) is 73.4 Å². The lowest BCUT2D eigenvalue weighted by molar-refractivity contribution is -0.137. The molecule has 0 unspecified atom stereocenters. The number of fused-ring (bicyclic) bond motifs is 2. The van der Waals surface area contributed by atoms with Gasteiger partial charge in [0.2, 0.25) is 11.8 Å². The minimum Gasteiger partial charge on any atom is -0.381 e. The van der Waals surface area contributed by atoms with Crippen LogP contribution in [0.25, 0.3) is 10.9 Å². The van der Waals surface area contributed by atoms with E-state index in [2.05, 4.69) is 10.3 Å². The lowest BCUT2D eigenvalue weighted by Gasteiger charge is -2.31. The number of para-hydroxylation sites is 1. The number of halogens is 3.